The summed E-state index contributed by atoms with van der Waals surface area (Å²) in [6.45, 7) is 0. The van der Waals surface area contributed by atoms with Crippen molar-refractivity contribution >= 4 is 5.82 Å². The van der Waals surface area contributed by atoms with Gasteiger partial charge in [0, 0.05) is 18.0 Å². The fourth-order valence-electron chi connectivity index (χ4n) is 5.30. The number of nitrogens with zero attached hydrogens (tertiary/aromatic N) is 2. The van der Waals surface area contributed by atoms with Gasteiger partial charge in [0.25, 0.3) is 0 Å². The van der Waals surface area contributed by atoms with Crippen molar-refractivity contribution in [3.63, 3.8) is 0 Å². The molecule has 4 aliphatic carbocycles. The lowest BCUT2D eigenvalue weighted by Crippen LogP contribution is -2.48. The Balaban J connectivity index is 1.80. The van der Waals surface area contributed by atoms with Crippen molar-refractivity contribution in [2.45, 2.75) is 43.9 Å². The standard InChI is InChI=1S/C14H21N3/c1-17-13(15)12(8-16-17)14-5-9-2-10(6-14)4-11(3-9)7-14/h8-11H,2-7,15H2,1H3. The topological polar surface area (TPSA) is 43.8 Å². The van der Waals surface area contributed by atoms with Crippen LogP contribution in [0.25, 0.3) is 0 Å². The lowest BCUT2D eigenvalue weighted by molar-refractivity contribution is -0.00485. The summed E-state index contributed by atoms with van der Waals surface area (Å²) in [4.78, 5) is 0. The monoisotopic (exact) mass is 231 g/mol. The molecule has 4 saturated carbocycles. The van der Waals surface area contributed by atoms with E-state index in [9.17, 15) is 0 Å². The maximum Gasteiger partial charge on any atom is 0.125 e. The first-order valence-corrected chi connectivity index (χ1v) is 6.94. The van der Waals surface area contributed by atoms with Crippen LogP contribution in [0.4, 0.5) is 5.82 Å². The zero-order chi connectivity index (χ0) is 11.6. The lowest BCUT2D eigenvalue weighted by atomic mass is 9.48. The number of rotatable bonds is 1. The van der Waals surface area contributed by atoms with Crippen molar-refractivity contribution in [1.82, 2.24) is 9.78 Å². The molecular formula is C14H21N3. The van der Waals surface area contributed by atoms with Crippen LogP contribution in [0.15, 0.2) is 6.20 Å². The van der Waals surface area contributed by atoms with Crippen LogP contribution in [-0.4, -0.2) is 9.78 Å². The van der Waals surface area contributed by atoms with Crippen molar-refractivity contribution < 1.29 is 0 Å². The summed E-state index contributed by atoms with van der Waals surface area (Å²) in [5.74, 6) is 3.83. The summed E-state index contributed by atoms with van der Waals surface area (Å²) in [5, 5.41) is 4.37. The van der Waals surface area contributed by atoms with Crippen LogP contribution in [0.3, 0.4) is 0 Å². The van der Waals surface area contributed by atoms with Crippen LogP contribution in [0.5, 0.6) is 0 Å². The number of aromatic nitrogens is 2. The highest BCUT2D eigenvalue weighted by Crippen LogP contribution is 2.61. The highest BCUT2D eigenvalue weighted by Gasteiger charge is 2.52. The van der Waals surface area contributed by atoms with E-state index in [0.717, 1.165) is 23.6 Å². The second-order valence-corrected chi connectivity index (χ2v) is 6.76. The maximum atomic E-state index is 6.22. The van der Waals surface area contributed by atoms with Gasteiger partial charge in [-0.1, -0.05) is 0 Å². The molecule has 1 aromatic heterocycles. The number of anilines is 1. The van der Waals surface area contributed by atoms with Crippen molar-refractivity contribution in [3.8, 4) is 0 Å². The predicted molar refractivity (Wildman–Crippen MR) is 67.5 cm³/mol. The van der Waals surface area contributed by atoms with Gasteiger partial charge >= 0.3 is 0 Å². The minimum atomic E-state index is 0.396. The number of hydrogen-bond acceptors (Lipinski definition) is 2. The first-order chi connectivity index (χ1) is 8.16. The maximum absolute atomic E-state index is 6.22. The van der Waals surface area contributed by atoms with E-state index < -0.39 is 0 Å². The molecule has 4 aliphatic rings. The van der Waals surface area contributed by atoms with Gasteiger partial charge in [-0.05, 0) is 56.3 Å². The zero-order valence-electron chi connectivity index (χ0n) is 10.5. The highest BCUT2D eigenvalue weighted by atomic mass is 15.3. The zero-order valence-corrected chi connectivity index (χ0v) is 10.5. The van der Waals surface area contributed by atoms with Crippen molar-refractivity contribution in [2.75, 3.05) is 5.73 Å². The summed E-state index contributed by atoms with van der Waals surface area (Å²) < 4.78 is 1.84. The quantitative estimate of drug-likeness (QED) is 0.807. The SMILES string of the molecule is Cn1ncc(C23CC4CC(CC(C4)C2)C3)c1N. The summed E-state index contributed by atoms with van der Waals surface area (Å²) in [7, 11) is 1.96. The van der Waals surface area contributed by atoms with E-state index in [1.807, 2.05) is 17.9 Å². The second kappa shape index (κ2) is 3.06. The van der Waals surface area contributed by atoms with E-state index in [4.69, 9.17) is 5.73 Å². The van der Waals surface area contributed by atoms with Gasteiger partial charge in [0.2, 0.25) is 0 Å². The number of aryl methyl sites for hydroxylation is 1. The molecule has 3 heteroatoms. The van der Waals surface area contributed by atoms with Crippen molar-refractivity contribution in [1.29, 1.82) is 0 Å². The number of nitrogens with two attached hydrogens (primary N) is 1. The van der Waals surface area contributed by atoms with E-state index in [1.54, 1.807) is 0 Å². The molecule has 0 amide bonds. The largest absolute Gasteiger partial charge is 0.384 e. The van der Waals surface area contributed by atoms with E-state index in [1.165, 1.54) is 44.1 Å². The van der Waals surface area contributed by atoms with Crippen LogP contribution >= 0.6 is 0 Å². The van der Waals surface area contributed by atoms with Gasteiger partial charge in [0.15, 0.2) is 0 Å². The minimum Gasteiger partial charge on any atom is -0.384 e. The third-order valence-electron chi connectivity index (χ3n) is 5.59. The Morgan fingerprint density at radius 3 is 2.12 bits per heavy atom. The Hall–Kier alpha value is -0.990. The fraction of sp³-hybridized carbons (Fsp3) is 0.786. The molecule has 0 spiro atoms. The molecule has 5 rings (SSSR count). The lowest BCUT2D eigenvalue weighted by Gasteiger charge is -2.56. The Bertz CT molecular complexity index is 425. The molecule has 4 bridgehead atoms. The minimum absolute atomic E-state index is 0.396. The smallest absolute Gasteiger partial charge is 0.125 e. The molecule has 92 valence electrons. The normalized spacial score (nSPS) is 43.2. The third-order valence-corrected chi connectivity index (χ3v) is 5.59. The Labute approximate surface area is 102 Å². The molecular weight excluding hydrogens is 210 g/mol. The molecule has 0 unspecified atom stereocenters. The molecule has 0 radical (unpaired) electrons. The molecule has 4 fully saturated rings. The molecule has 0 aliphatic heterocycles. The molecule has 2 N–H and O–H groups in total. The van der Waals surface area contributed by atoms with Gasteiger partial charge in [-0.25, -0.2) is 0 Å². The van der Waals surface area contributed by atoms with Gasteiger partial charge in [0.1, 0.15) is 5.82 Å². The highest BCUT2D eigenvalue weighted by molar-refractivity contribution is 5.45. The molecule has 0 aromatic carbocycles. The first-order valence-electron chi connectivity index (χ1n) is 6.94. The predicted octanol–water partition coefficient (Wildman–Crippen LogP) is 2.47. The van der Waals surface area contributed by atoms with Gasteiger partial charge < -0.3 is 5.73 Å². The average Bonchev–Trinajstić information content (AvgIpc) is 2.58. The van der Waals surface area contributed by atoms with Crippen LogP contribution in [0.2, 0.25) is 0 Å². The van der Waals surface area contributed by atoms with Gasteiger partial charge in [0.05, 0.1) is 6.20 Å². The fourth-order valence-corrected chi connectivity index (χ4v) is 5.30. The van der Waals surface area contributed by atoms with Crippen LogP contribution < -0.4 is 5.73 Å². The average molecular weight is 231 g/mol. The van der Waals surface area contributed by atoms with Crippen LogP contribution in [-0.2, 0) is 12.5 Å². The van der Waals surface area contributed by atoms with Crippen molar-refractivity contribution in [2.24, 2.45) is 24.8 Å². The first kappa shape index (κ1) is 9.98. The molecule has 1 heterocycles. The van der Waals surface area contributed by atoms with Gasteiger partial charge in [-0.3, -0.25) is 4.68 Å². The second-order valence-electron chi connectivity index (χ2n) is 6.76. The Morgan fingerprint density at radius 2 is 1.71 bits per heavy atom. The Kier molecular flexibility index (Phi) is 1.80. The molecule has 0 saturated heterocycles. The summed E-state index contributed by atoms with van der Waals surface area (Å²) in [5.41, 5.74) is 7.98. The Morgan fingerprint density at radius 1 is 1.18 bits per heavy atom. The number of nitrogen functional groups attached to an aromatic ring is 1. The van der Waals surface area contributed by atoms with E-state index in [2.05, 4.69) is 5.10 Å². The third kappa shape index (κ3) is 1.25. The van der Waals surface area contributed by atoms with E-state index >= 15 is 0 Å². The van der Waals surface area contributed by atoms with Gasteiger partial charge in [-0.15, -0.1) is 0 Å². The molecule has 1 aromatic rings. The molecule has 0 atom stereocenters. The van der Waals surface area contributed by atoms with E-state index in [-0.39, 0.29) is 0 Å². The summed E-state index contributed by atoms with van der Waals surface area (Å²) >= 11 is 0. The number of hydrogen-bond donors (Lipinski definition) is 1. The van der Waals surface area contributed by atoms with Crippen LogP contribution in [0, 0.1) is 17.8 Å². The molecule has 3 nitrogen and oxygen atoms in total. The van der Waals surface area contributed by atoms with Gasteiger partial charge in [-0.2, -0.15) is 5.10 Å². The van der Waals surface area contributed by atoms with E-state index in [0.29, 0.717) is 5.41 Å². The summed E-state index contributed by atoms with van der Waals surface area (Å²) in [6, 6.07) is 0. The molecule has 17 heavy (non-hydrogen) atoms. The summed E-state index contributed by atoms with van der Waals surface area (Å²) in [6.07, 6.45) is 10.6. The van der Waals surface area contributed by atoms with Crippen molar-refractivity contribution in [3.05, 3.63) is 11.8 Å². The van der Waals surface area contributed by atoms with Crippen LogP contribution in [0.1, 0.15) is 44.1 Å².